The first-order chi connectivity index (χ1) is 9.10. The van der Waals surface area contributed by atoms with Gasteiger partial charge in [-0.3, -0.25) is 4.68 Å². The van der Waals surface area contributed by atoms with Crippen molar-refractivity contribution in [3.63, 3.8) is 0 Å². The van der Waals surface area contributed by atoms with Crippen LogP contribution in [0, 0.1) is 5.92 Å². The van der Waals surface area contributed by atoms with E-state index in [1.54, 1.807) is 6.20 Å². The molecular formula is C15H25ClN2O. The highest BCUT2D eigenvalue weighted by atomic mass is 35.5. The van der Waals surface area contributed by atoms with E-state index in [1.165, 1.54) is 12.8 Å². The number of halogens is 1. The minimum absolute atomic E-state index is 0.616. The maximum atomic E-state index is 11.0. The topological polar surface area (TPSA) is 38.1 Å². The summed E-state index contributed by atoms with van der Waals surface area (Å²) in [7, 11) is 0. The summed E-state index contributed by atoms with van der Waals surface area (Å²) in [5.41, 5.74) is 0.0680. The molecule has 0 spiro atoms. The first-order valence-corrected chi connectivity index (χ1v) is 7.92. The SMILES string of the molecule is CCCC1CCC(O)(c2c(Cl)cnn2CCC)CC1. The first kappa shape index (κ1) is 14.9. The summed E-state index contributed by atoms with van der Waals surface area (Å²) in [6, 6.07) is 0. The number of rotatable bonds is 5. The van der Waals surface area contributed by atoms with Crippen molar-refractivity contribution in [3.8, 4) is 0 Å². The van der Waals surface area contributed by atoms with E-state index in [2.05, 4.69) is 18.9 Å². The molecule has 19 heavy (non-hydrogen) atoms. The minimum Gasteiger partial charge on any atom is -0.384 e. The molecule has 4 heteroatoms. The summed E-state index contributed by atoms with van der Waals surface area (Å²) in [5, 5.41) is 15.9. The van der Waals surface area contributed by atoms with E-state index in [4.69, 9.17) is 11.6 Å². The van der Waals surface area contributed by atoms with E-state index >= 15 is 0 Å². The van der Waals surface area contributed by atoms with Gasteiger partial charge in [-0.25, -0.2) is 0 Å². The molecule has 2 rings (SSSR count). The molecular weight excluding hydrogens is 260 g/mol. The summed E-state index contributed by atoms with van der Waals surface area (Å²) >= 11 is 6.26. The van der Waals surface area contributed by atoms with Gasteiger partial charge in [-0.15, -0.1) is 0 Å². The van der Waals surface area contributed by atoms with E-state index in [0.717, 1.165) is 50.3 Å². The van der Waals surface area contributed by atoms with Crippen LogP contribution in [0.25, 0.3) is 0 Å². The van der Waals surface area contributed by atoms with Crippen LogP contribution in [0.4, 0.5) is 0 Å². The number of nitrogens with zero attached hydrogens (tertiary/aromatic N) is 2. The molecule has 1 N–H and O–H groups in total. The Kier molecular flexibility index (Phi) is 4.91. The maximum Gasteiger partial charge on any atom is 0.108 e. The second-order valence-corrected chi connectivity index (χ2v) is 6.24. The molecule has 0 unspecified atom stereocenters. The molecule has 108 valence electrons. The molecule has 0 amide bonds. The largest absolute Gasteiger partial charge is 0.384 e. The summed E-state index contributed by atoms with van der Waals surface area (Å²) < 4.78 is 1.89. The predicted octanol–water partition coefficient (Wildman–Crippen LogP) is 4.12. The molecule has 1 aliphatic rings. The second kappa shape index (κ2) is 6.27. The van der Waals surface area contributed by atoms with E-state index in [-0.39, 0.29) is 0 Å². The van der Waals surface area contributed by atoms with Gasteiger partial charge in [0.15, 0.2) is 0 Å². The van der Waals surface area contributed by atoms with Crippen molar-refractivity contribution in [1.82, 2.24) is 9.78 Å². The van der Waals surface area contributed by atoms with Gasteiger partial charge in [-0.05, 0) is 38.0 Å². The van der Waals surface area contributed by atoms with Crippen molar-refractivity contribution >= 4 is 11.6 Å². The Bertz CT molecular complexity index is 408. The van der Waals surface area contributed by atoms with Gasteiger partial charge in [0.25, 0.3) is 0 Å². The number of aromatic nitrogens is 2. The molecule has 0 bridgehead atoms. The lowest BCUT2D eigenvalue weighted by Gasteiger charge is -2.36. The van der Waals surface area contributed by atoms with E-state index in [9.17, 15) is 5.11 Å². The summed E-state index contributed by atoms with van der Waals surface area (Å²) in [5.74, 6) is 0.770. The molecule has 0 radical (unpaired) electrons. The first-order valence-electron chi connectivity index (χ1n) is 7.55. The van der Waals surface area contributed by atoms with Gasteiger partial charge >= 0.3 is 0 Å². The molecule has 1 aromatic heterocycles. The molecule has 1 aliphatic carbocycles. The third-order valence-corrected chi connectivity index (χ3v) is 4.58. The maximum absolute atomic E-state index is 11.0. The van der Waals surface area contributed by atoms with Crippen LogP contribution in [0.15, 0.2) is 6.20 Å². The molecule has 3 nitrogen and oxygen atoms in total. The van der Waals surface area contributed by atoms with Gasteiger partial charge < -0.3 is 5.11 Å². The standard InChI is InChI=1S/C15H25ClN2O/c1-3-5-12-6-8-15(19,9-7-12)14-13(16)11-17-18(14)10-4-2/h11-12,19H,3-10H2,1-2H3. The van der Waals surface area contributed by atoms with Gasteiger partial charge in [-0.2, -0.15) is 5.10 Å². The Hall–Kier alpha value is -0.540. The number of aliphatic hydroxyl groups is 1. The Morgan fingerprint density at radius 1 is 1.37 bits per heavy atom. The van der Waals surface area contributed by atoms with E-state index in [1.807, 2.05) is 4.68 Å². The van der Waals surface area contributed by atoms with Crippen LogP contribution in [-0.4, -0.2) is 14.9 Å². The predicted molar refractivity (Wildman–Crippen MR) is 78.3 cm³/mol. The van der Waals surface area contributed by atoms with Gasteiger partial charge in [0.2, 0.25) is 0 Å². The van der Waals surface area contributed by atoms with Crippen LogP contribution < -0.4 is 0 Å². The van der Waals surface area contributed by atoms with Crippen molar-refractivity contribution in [1.29, 1.82) is 0 Å². The Labute approximate surface area is 121 Å². The fourth-order valence-electron chi connectivity index (χ4n) is 3.30. The van der Waals surface area contributed by atoms with Gasteiger partial charge in [0.05, 0.1) is 16.9 Å². The molecule has 0 aliphatic heterocycles. The molecule has 0 saturated heterocycles. The van der Waals surface area contributed by atoms with Crippen LogP contribution in [0.2, 0.25) is 5.02 Å². The number of aryl methyl sites for hydroxylation is 1. The normalized spacial score (nSPS) is 27.7. The zero-order valence-electron chi connectivity index (χ0n) is 12.0. The zero-order valence-corrected chi connectivity index (χ0v) is 12.8. The molecule has 0 atom stereocenters. The molecule has 0 aromatic carbocycles. The van der Waals surface area contributed by atoms with Crippen molar-refractivity contribution < 1.29 is 5.11 Å². The van der Waals surface area contributed by atoms with Crippen LogP contribution in [0.5, 0.6) is 0 Å². The number of hydrogen-bond donors (Lipinski definition) is 1. The van der Waals surface area contributed by atoms with Crippen molar-refractivity contribution in [2.75, 3.05) is 0 Å². The Morgan fingerprint density at radius 3 is 2.63 bits per heavy atom. The van der Waals surface area contributed by atoms with Crippen molar-refractivity contribution in [2.24, 2.45) is 5.92 Å². The highest BCUT2D eigenvalue weighted by Crippen LogP contribution is 2.43. The highest BCUT2D eigenvalue weighted by molar-refractivity contribution is 6.31. The lowest BCUT2D eigenvalue weighted by molar-refractivity contribution is -0.0226. The van der Waals surface area contributed by atoms with Gasteiger partial charge in [0.1, 0.15) is 5.60 Å². The Morgan fingerprint density at radius 2 is 2.05 bits per heavy atom. The van der Waals surface area contributed by atoms with Crippen LogP contribution >= 0.6 is 11.6 Å². The smallest absolute Gasteiger partial charge is 0.108 e. The van der Waals surface area contributed by atoms with Crippen LogP contribution in [-0.2, 0) is 12.1 Å². The fraction of sp³-hybridized carbons (Fsp3) is 0.800. The molecule has 1 saturated carbocycles. The van der Waals surface area contributed by atoms with E-state index < -0.39 is 5.60 Å². The lowest BCUT2D eigenvalue weighted by atomic mass is 9.75. The lowest BCUT2D eigenvalue weighted by Crippen LogP contribution is -2.34. The summed E-state index contributed by atoms with van der Waals surface area (Å²) in [4.78, 5) is 0. The fourth-order valence-corrected chi connectivity index (χ4v) is 3.61. The van der Waals surface area contributed by atoms with Crippen molar-refractivity contribution in [2.45, 2.75) is 70.9 Å². The quantitative estimate of drug-likeness (QED) is 0.883. The van der Waals surface area contributed by atoms with Gasteiger partial charge in [0, 0.05) is 6.54 Å². The van der Waals surface area contributed by atoms with Crippen LogP contribution in [0.1, 0.15) is 64.5 Å². The third-order valence-electron chi connectivity index (χ3n) is 4.30. The zero-order chi connectivity index (χ0) is 13.9. The average molecular weight is 285 g/mol. The van der Waals surface area contributed by atoms with E-state index in [0.29, 0.717) is 5.02 Å². The minimum atomic E-state index is -0.771. The summed E-state index contributed by atoms with van der Waals surface area (Å²) in [6.07, 6.45) is 8.99. The molecule has 1 aromatic rings. The molecule has 1 fully saturated rings. The highest BCUT2D eigenvalue weighted by Gasteiger charge is 2.38. The summed E-state index contributed by atoms with van der Waals surface area (Å²) in [6.45, 7) is 5.16. The molecule has 1 heterocycles. The number of hydrogen-bond acceptors (Lipinski definition) is 2. The van der Waals surface area contributed by atoms with Crippen LogP contribution in [0.3, 0.4) is 0 Å². The monoisotopic (exact) mass is 284 g/mol. The average Bonchev–Trinajstić information content (AvgIpc) is 2.75. The van der Waals surface area contributed by atoms with Crippen molar-refractivity contribution in [3.05, 3.63) is 16.9 Å². The Balaban J connectivity index is 2.15. The second-order valence-electron chi connectivity index (χ2n) is 5.83. The third kappa shape index (κ3) is 3.14. The van der Waals surface area contributed by atoms with Gasteiger partial charge in [-0.1, -0.05) is 38.3 Å².